The summed E-state index contributed by atoms with van der Waals surface area (Å²) in [6, 6.07) is 12.0. The van der Waals surface area contributed by atoms with Crippen molar-refractivity contribution in [1.82, 2.24) is 24.6 Å². The number of benzene rings is 1. The average molecular weight is 448 g/mol. The van der Waals surface area contributed by atoms with Gasteiger partial charge in [-0.15, -0.1) is 5.10 Å². The van der Waals surface area contributed by atoms with Crippen molar-refractivity contribution in [3.05, 3.63) is 47.7 Å². The maximum Gasteiger partial charge on any atom is 0.248 e. The topological polar surface area (TPSA) is 94.1 Å². The summed E-state index contributed by atoms with van der Waals surface area (Å²) in [5, 5.41) is 7.78. The molecule has 2 aromatic heterocycles. The number of hydrogen-bond donors (Lipinski definition) is 2. The Balaban J connectivity index is 1.22. The SMILES string of the molecule is Nc1nc(Nc2ccc(OCCN3CCCC3)cc2)nn1-c1ccc2c(n1)CCCCCC2. The molecule has 174 valence electrons. The summed E-state index contributed by atoms with van der Waals surface area (Å²) in [4.78, 5) is 11.7. The first-order chi connectivity index (χ1) is 16.2. The summed E-state index contributed by atoms with van der Waals surface area (Å²) in [5.41, 5.74) is 9.56. The molecule has 8 heteroatoms. The van der Waals surface area contributed by atoms with Gasteiger partial charge in [0.2, 0.25) is 11.9 Å². The van der Waals surface area contributed by atoms with Crippen LogP contribution in [0.1, 0.15) is 49.8 Å². The van der Waals surface area contributed by atoms with Crippen molar-refractivity contribution in [2.45, 2.75) is 51.4 Å². The average Bonchev–Trinajstić information content (AvgIpc) is 3.45. The molecule has 0 unspecified atom stereocenters. The van der Waals surface area contributed by atoms with E-state index >= 15 is 0 Å². The lowest BCUT2D eigenvalue weighted by atomic mass is 9.97. The van der Waals surface area contributed by atoms with Crippen LogP contribution in [0, 0.1) is 0 Å². The van der Waals surface area contributed by atoms with Crippen LogP contribution in [0.5, 0.6) is 5.75 Å². The molecule has 0 bridgehead atoms. The Morgan fingerprint density at radius 3 is 2.48 bits per heavy atom. The first-order valence-electron chi connectivity index (χ1n) is 12.2. The molecule has 1 saturated heterocycles. The van der Waals surface area contributed by atoms with Gasteiger partial charge in [-0.1, -0.05) is 18.9 Å². The van der Waals surface area contributed by atoms with E-state index in [4.69, 9.17) is 15.5 Å². The Morgan fingerprint density at radius 1 is 0.879 bits per heavy atom. The van der Waals surface area contributed by atoms with E-state index < -0.39 is 0 Å². The fourth-order valence-electron chi connectivity index (χ4n) is 4.65. The second-order valence-corrected chi connectivity index (χ2v) is 8.94. The number of anilines is 3. The Morgan fingerprint density at radius 2 is 1.67 bits per heavy atom. The van der Waals surface area contributed by atoms with E-state index in [1.54, 1.807) is 4.68 Å². The van der Waals surface area contributed by atoms with Gasteiger partial charge in [0.05, 0.1) is 0 Å². The highest BCUT2D eigenvalue weighted by Gasteiger charge is 2.14. The van der Waals surface area contributed by atoms with Crippen LogP contribution in [-0.4, -0.2) is 50.9 Å². The molecule has 2 aliphatic rings. The highest BCUT2D eigenvalue weighted by molar-refractivity contribution is 5.55. The second-order valence-electron chi connectivity index (χ2n) is 8.94. The van der Waals surface area contributed by atoms with E-state index in [9.17, 15) is 0 Å². The summed E-state index contributed by atoms with van der Waals surface area (Å²) >= 11 is 0. The molecule has 0 spiro atoms. The number of ether oxygens (including phenoxy) is 1. The van der Waals surface area contributed by atoms with E-state index in [0.29, 0.717) is 24.3 Å². The van der Waals surface area contributed by atoms with Gasteiger partial charge in [-0.25, -0.2) is 4.98 Å². The second kappa shape index (κ2) is 10.2. The minimum atomic E-state index is 0.317. The van der Waals surface area contributed by atoms with E-state index in [0.717, 1.165) is 36.5 Å². The van der Waals surface area contributed by atoms with Crippen LogP contribution in [0.15, 0.2) is 36.4 Å². The first-order valence-corrected chi connectivity index (χ1v) is 12.2. The predicted octanol–water partition coefficient (Wildman–Crippen LogP) is 4.12. The molecule has 0 atom stereocenters. The minimum Gasteiger partial charge on any atom is -0.492 e. The summed E-state index contributed by atoms with van der Waals surface area (Å²) in [7, 11) is 0. The zero-order chi connectivity index (χ0) is 22.5. The number of fused-ring (bicyclic) bond motifs is 1. The molecule has 1 aromatic carbocycles. The Kier molecular flexibility index (Phi) is 6.71. The molecule has 8 nitrogen and oxygen atoms in total. The number of hydrogen-bond acceptors (Lipinski definition) is 7. The van der Waals surface area contributed by atoms with Crippen molar-refractivity contribution in [2.75, 3.05) is 37.3 Å². The highest BCUT2D eigenvalue weighted by Crippen LogP contribution is 2.23. The van der Waals surface area contributed by atoms with Crippen molar-refractivity contribution in [3.8, 4) is 11.6 Å². The van der Waals surface area contributed by atoms with Crippen LogP contribution < -0.4 is 15.8 Å². The van der Waals surface area contributed by atoms with Gasteiger partial charge in [-0.2, -0.15) is 9.67 Å². The number of nitrogens with zero attached hydrogens (tertiary/aromatic N) is 5. The number of aromatic nitrogens is 4. The van der Waals surface area contributed by atoms with E-state index in [2.05, 4.69) is 26.4 Å². The molecule has 5 rings (SSSR count). The number of aryl methyl sites for hydroxylation is 2. The maximum atomic E-state index is 6.18. The molecule has 0 saturated carbocycles. The molecule has 3 aromatic rings. The number of rotatable bonds is 7. The lowest BCUT2D eigenvalue weighted by Crippen LogP contribution is -2.25. The molecule has 0 radical (unpaired) electrons. The van der Waals surface area contributed by atoms with Crippen molar-refractivity contribution in [1.29, 1.82) is 0 Å². The Bertz CT molecular complexity index is 1060. The van der Waals surface area contributed by atoms with Crippen LogP contribution in [0.2, 0.25) is 0 Å². The van der Waals surface area contributed by atoms with Gasteiger partial charge >= 0.3 is 0 Å². The zero-order valence-electron chi connectivity index (χ0n) is 19.2. The van der Waals surface area contributed by atoms with Crippen molar-refractivity contribution in [3.63, 3.8) is 0 Å². The minimum absolute atomic E-state index is 0.317. The Hall–Kier alpha value is -3.13. The van der Waals surface area contributed by atoms with Gasteiger partial charge in [0.1, 0.15) is 12.4 Å². The lowest BCUT2D eigenvalue weighted by Gasteiger charge is -2.15. The van der Waals surface area contributed by atoms with Crippen LogP contribution >= 0.6 is 0 Å². The normalized spacial score (nSPS) is 16.7. The number of pyridine rings is 1. The third-order valence-electron chi connectivity index (χ3n) is 6.50. The van der Waals surface area contributed by atoms with E-state index in [1.165, 1.54) is 57.2 Å². The van der Waals surface area contributed by atoms with Gasteiger partial charge in [0, 0.05) is 17.9 Å². The molecular formula is C25H33N7O. The van der Waals surface area contributed by atoms with Crippen LogP contribution in [0.3, 0.4) is 0 Å². The van der Waals surface area contributed by atoms with E-state index in [1.807, 2.05) is 30.3 Å². The van der Waals surface area contributed by atoms with Gasteiger partial charge in [0.15, 0.2) is 5.82 Å². The number of nitrogens with two attached hydrogens (primary N) is 1. The third-order valence-corrected chi connectivity index (χ3v) is 6.50. The molecule has 1 aliphatic carbocycles. The third kappa shape index (κ3) is 5.45. The quantitative estimate of drug-likeness (QED) is 0.562. The standard InChI is InChI=1S/C25H33N7O/c26-24-29-25(27-20-10-12-21(13-11-20)33-18-17-31-15-5-6-16-31)30-32(24)23-14-9-19-7-3-1-2-4-8-22(19)28-23/h9-14H,1-8,15-18H2,(H3,26,27,29,30). The summed E-state index contributed by atoms with van der Waals surface area (Å²) < 4.78 is 7.49. The molecule has 0 amide bonds. The summed E-state index contributed by atoms with van der Waals surface area (Å²) in [6.45, 7) is 4.08. The fraction of sp³-hybridized carbons (Fsp3) is 0.480. The first kappa shape index (κ1) is 21.7. The van der Waals surface area contributed by atoms with Crippen LogP contribution in [-0.2, 0) is 12.8 Å². The molecule has 33 heavy (non-hydrogen) atoms. The van der Waals surface area contributed by atoms with Crippen molar-refractivity contribution < 1.29 is 4.74 Å². The predicted molar refractivity (Wildman–Crippen MR) is 130 cm³/mol. The maximum absolute atomic E-state index is 6.18. The fourth-order valence-corrected chi connectivity index (χ4v) is 4.65. The van der Waals surface area contributed by atoms with Gasteiger partial charge in [-0.05, 0) is 87.5 Å². The number of nitrogens with one attached hydrogen (secondary N) is 1. The van der Waals surface area contributed by atoms with Gasteiger partial charge in [0.25, 0.3) is 0 Å². The molecule has 3 heterocycles. The van der Waals surface area contributed by atoms with Gasteiger partial charge < -0.3 is 15.8 Å². The van der Waals surface area contributed by atoms with Crippen molar-refractivity contribution >= 4 is 17.6 Å². The molecule has 1 fully saturated rings. The van der Waals surface area contributed by atoms with Crippen LogP contribution in [0.4, 0.5) is 17.6 Å². The summed E-state index contributed by atoms with van der Waals surface area (Å²) in [5.74, 6) is 2.35. The monoisotopic (exact) mass is 447 g/mol. The molecular weight excluding hydrogens is 414 g/mol. The summed E-state index contributed by atoms with van der Waals surface area (Å²) in [6.07, 6.45) is 9.70. The number of likely N-dealkylation sites (tertiary alicyclic amines) is 1. The zero-order valence-corrected chi connectivity index (χ0v) is 19.2. The largest absolute Gasteiger partial charge is 0.492 e. The van der Waals surface area contributed by atoms with Crippen LogP contribution in [0.25, 0.3) is 5.82 Å². The van der Waals surface area contributed by atoms with Gasteiger partial charge in [-0.3, -0.25) is 4.90 Å². The van der Waals surface area contributed by atoms with E-state index in [-0.39, 0.29) is 0 Å². The highest BCUT2D eigenvalue weighted by atomic mass is 16.5. The molecule has 3 N–H and O–H groups in total. The smallest absolute Gasteiger partial charge is 0.248 e. The lowest BCUT2D eigenvalue weighted by molar-refractivity contribution is 0.238. The number of nitrogen functional groups attached to an aromatic ring is 1. The Labute approximate surface area is 195 Å². The van der Waals surface area contributed by atoms with Crippen molar-refractivity contribution in [2.24, 2.45) is 0 Å². The molecule has 1 aliphatic heterocycles.